The maximum absolute atomic E-state index is 2.37. The normalized spacial score (nSPS) is 13.0. The maximum Gasteiger partial charge on any atom is -0.0126 e. The van der Waals surface area contributed by atoms with Crippen molar-refractivity contribution in [3.8, 4) is 0 Å². The van der Waals surface area contributed by atoms with Gasteiger partial charge in [-0.2, -0.15) is 0 Å². The molecule has 0 atom stereocenters. The van der Waals surface area contributed by atoms with E-state index in [0.29, 0.717) is 0 Å². The molecule has 0 bridgehead atoms. The summed E-state index contributed by atoms with van der Waals surface area (Å²) in [6, 6.07) is 13.5. The second-order valence-electron chi connectivity index (χ2n) is 7.24. The number of rotatable bonds is 0. The van der Waals surface area contributed by atoms with Crippen LogP contribution in [0.5, 0.6) is 0 Å². The Bertz CT molecular complexity index is 563. The fourth-order valence-electron chi connectivity index (χ4n) is 2.39. The van der Waals surface area contributed by atoms with Crippen molar-refractivity contribution in [1.29, 1.82) is 0 Å². The molecule has 2 rings (SSSR count). The van der Waals surface area contributed by atoms with Crippen molar-refractivity contribution in [2.24, 2.45) is 0 Å². The molecule has 0 aliphatic carbocycles. The van der Waals surface area contributed by atoms with Crippen LogP contribution in [-0.2, 0) is 10.8 Å². The highest BCUT2D eigenvalue weighted by molar-refractivity contribution is 5.87. The van der Waals surface area contributed by atoms with Gasteiger partial charge in [-0.25, -0.2) is 0 Å². The molecular formula is C18H24. The first-order chi connectivity index (χ1) is 8.19. The van der Waals surface area contributed by atoms with Crippen LogP contribution < -0.4 is 0 Å². The first-order valence-electron chi connectivity index (χ1n) is 6.73. The van der Waals surface area contributed by atoms with E-state index < -0.39 is 0 Å². The minimum Gasteiger partial charge on any atom is -0.0613 e. The Labute approximate surface area is 111 Å². The van der Waals surface area contributed by atoms with Gasteiger partial charge in [-0.15, -0.1) is 0 Å². The summed E-state index contributed by atoms with van der Waals surface area (Å²) >= 11 is 0. The lowest BCUT2D eigenvalue weighted by Crippen LogP contribution is -2.13. The zero-order valence-corrected chi connectivity index (χ0v) is 12.5. The molecule has 0 aliphatic rings. The van der Waals surface area contributed by atoms with Gasteiger partial charge < -0.3 is 0 Å². The summed E-state index contributed by atoms with van der Waals surface area (Å²) in [5.41, 5.74) is 3.24. The monoisotopic (exact) mass is 240 g/mol. The Kier molecular flexibility index (Phi) is 3.01. The van der Waals surface area contributed by atoms with Crippen LogP contribution in [0.4, 0.5) is 0 Å². The fourth-order valence-corrected chi connectivity index (χ4v) is 2.39. The van der Waals surface area contributed by atoms with E-state index in [4.69, 9.17) is 0 Å². The molecule has 0 aromatic heterocycles. The SMILES string of the molecule is CC(C)(C)c1ccc2cccc(C(C)(C)C)c2c1. The van der Waals surface area contributed by atoms with Gasteiger partial charge in [-0.1, -0.05) is 77.9 Å². The van der Waals surface area contributed by atoms with Crippen molar-refractivity contribution in [3.05, 3.63) is 47.5 Å². The van der Waals surface area contributed by atoms with E-state index in [0.717, 1.165) is 0 Å². The summed E-state index contributed by atoms with van der Waals surface area (Å²) < 4.78 is 0. The summed E-state index contributed by atoms with van der Waals surface area (Å²) in [4.78, 5) is 0. The molecule has 0 aliphatic heterocycles. The molecule has 0 saturated carbocycles. The van der Waals surface area contributed by atoms with Crippen molar-refractivity contribution in [2.45, 2.75) is 52.4 Å². The molecule has 0 heteroatoms. The van der Waals surface area contributed by atoms with Gasteiger partial charge in [0.25, 0.3) is 0 Å². The largest absolute Gasteiger partial charge is 0.0613 e. The Hall–Kier alpha value is -1.30. The van der Waals surface area contributed by atoms with Gasteiger partial charge in [0.05, 0.1) is 0 Å². The summed E-state index contributed by atoms with van der Waals surface area (Å²) in [5, 5.41) is 2.74. The highest BCUT2D eigenvalue weighted by atomic mass is 14.2. The zero-order chi connectivity index (χ0) is 13.6. The molecule has 0 heterocycles. The first-order valence-corrected chi connectivity index (χ1v) is 6.73. The zero-order valence-electron chi connectivity index (χ0n) is 12.5. The van der Waals surface area contributed by atoms with Crippen LogP contribution in [0, 0.1) is 0 Å². The van der Waals surface area contributed by atoms with Crippen LogP contribution in [0.3, 0.4) is 0 Å². The minimum atomic E-state index is 0.190. The van der Waals surface area contributed by atoms with Crippen molar-refractivity contribution in [2.75, 3.05) is 0 Å². The molecule has 0 spiro atoms. The second kappa shape index (κ2) is 4.12. The number of fused-ring (bicyclic) bond motifs is 1. The molecule has 2 aromatic rings. The molecule has 0 fully saturated rings. The van der Waals surface area contributed by atoms with Crippen LogP contribution in [0.25, 0.3) is 10.8 Å². The van der Waals surface area contributed by atoms with Crippen LogP contribution in [0.1, 0.15) is 52.7 Å². The second-order valence-corrected chi connectivity index (χ2v) is 7.24. The van der Waals surface area contributed by atoms with Gasteiger partial charge in [0.15, 0.2) is 0 Å². The quantitative estimate of drug-likeness (QED) is 0.575. The van der Waals surface area contributed by atoms with Crippen molar-refractivity contribution in [3.63, 3.8) is 0 Å². The van der Waals surface area contributed by atoms with Gasteiger partial charge in [-0.05, 0) is 32.7 Å². The summed E-state index contributed by atoms with van der Waals surface area (Å²) in [7, 11) is 0. The van der Waals surface area contributed by atoms with E-state index in [1.54, 1.807) is 0 Å². The Morgan fingerprint density at radius 3 is 1.94 bits per heavy atom. The van der Waals surface area contributed by atoms with Crippen molar-refractivity contribution < 1.29 is 0 Å². The summed E-state index contributed by atoms with van der Waals surface area (Å²) in [6.45, 7) is 13.7. The third kappa shape index (κ3) is 2.43. The highest BCUT2D eigenvalue weighted by Gasteiger charge is 2.19. The third-order valence-corrected chi connectivity index (χ3v) is 3.56. The third-order valence-electron chi connectivity index (χ3n) is 3.56. The number of hydrogen-bond donors (Lipinski definition) is 0. The van der Waals surface area contributed by atoms with E-state index in [2.05, 4.69) is 77.9 Å². The molecule has 96 valence electrons. The standard InChI is InChI=1S/C18H24/c1-17(2,3)14-11-10-13-8-7-9-16(15(13)12-14)18(4,5)6/h7-12H,1-6H3. The predicted octanol–water partition coefficient (Wildman–Crippen LogP) is 5.43. The van der Waals surface area contributed by atoms with E-state index in [9.17, 15) is 0 Å². The van der Waals surface area contributed by atoms with Gasteiger partial charge in [-0.3, -0.25) is 0 Å². The van der Waals surface area contributed by atoms with Crippen LogP contribution in [-0.4, -0.2) is 0 Å². The molecular weight excluding hydrogens is 216 g/mol. The molecule has 18 heavy (non-hydrogen) atoms. The molecule has 2 aromatic carbocycles. The predicted molar refractivity (Wildman–Crippen MR) is 81.3 cm³/mol. The molecule has 0 unspecified atom stereocenters. The van der Waals surface area contributed by atoms with Gasteiger partial charge >= 0.3 is 0 Å². The Balaban J connectivity index is 2.74. The van der Waals surface area contributed by atoms with E-state index >= 15 is 0 Å². The number of benzene rings is 2. The number of hydrogen-bond acceptors (Lipinski definition) is 0. The minimum absolute atomic E-state index is 0.190. The molecule has 0 nitrogen and oxygen atoms in total. The molecule has 0 amide bonds. The van der Waals surface area contributed by atoms with Gasteiger partial charge in [0.1, 0.15) is 0 Å². The fraction of sp³-hybridized carbons (Fsp3) is 0.444. The van der Waals surface area contributed by atoms with Gasteiger partial charge in [0.2, 0.25) is 0 Å². The Morgan fingerprint density at radius 1 is 0.722 bits per heavy atom. The topological polar surface area (TPSA) is 0 Å². The molecule has 0 saturated heterocycles. The van der Waals surface area contributed by atoms with E-state index in [1.165, 1.54) is 21.9 Å². The smallest absolute Gasteiger partial charge is 0.0126 e. The summed E-state index contributed by atoms with van der Waals surface area (Å²) in [6.07, 6.45) is 0. The molecule has 0 N–H and O–H groups in total. The average molecular weight is 240 g/mol. The van der Waals surface area contributed by atoms with Gasteiger partial charge in [0, 0.05) is 0 Å². The van der Waals surface area contributed by atoms with Crippen LogP contribution in [0.2, 0.25) is 0 Å². The highest BCUT2D eigenvalue weighted by Crippen LogP contribution is 2.33. The first kappa shape index (κ1) is 13.1. The lowest BCUT2D eigenvalue weighted by Gasteiger charge is -2.24. The average Bonchev–Trinajstić information content (AvgIpc) is 2.25. The van der Waals surface area contributed by atoms with E-state index in [1.807, 2.05) is 0 Å². The van der Waals surface area contributed by atoms with E-state index in [-0.39, 0.29) is 10.8 Å². The lowest BCUT2D eigenvalue weighted by atomic mass is 9.80. The van der Waals surface area contributed by atoms with Crippen LogP contribution >= 0.6 is 0 Å². The Morgan fingerprint density at radius 2 is 1.39 bits per heavy atom. The van der Waals surface area contributed by atoms with Crippen molar-refractivity contribution in [1.82, 2.24) is 0 Å². The lowest BCUT2D eigenvalue weighted by molar-refractivity contribution is 0.587. The summed E-state index contributed by atoms with van der Waals surface area (Å²) in [5.74, 6) is 0. The van der Waals surface area contributed by atoms with Crippen molar-refractivity contribution >= 4 is 10.8 Å². The molecule has 0 radical (unpaired) electrons. The van der Waals surface area contributed by atoms with Crippen LogP contribution in [0.15, 0.2) is 36.4 Å². The maximum atomic E-state index is 2.37.